The molecule has 2 aliphatic rings. The minimum Gasteiger partial charge on any atom is -0.337 e. The van der Waals surface area contributed by atoms with Gasteiger partial charge < -0.3 is 9.47 Å². The largest absolute Gasteiger partial charge is 0.337 e. The number of carbonyl (C=O) groups excluding carboxylic acids is 1. The van der Waals surface area contributed by atoms with E-state index in [2.05, 4.69) is 4.98 Å². The van der Waals surface area contributed by atoms with E-state index in [0.717, 1.165) is 11.3 Å². The van der Waals surface area contributed by atoms with Crippen LogP contribution in [-0.4, -0.2) is 48.3 Å². The molecule has 0 aliphatic carbocycles. The standard InChI is InChI=1S/C18H22N4O3S/c1-13-19-16(11-20(13)2)26(24,25)22-10-6-9-18(12-22)14-7-4-5-8-15(14)21(3)17(18)23/h4-5,7-8,11H,6,9-10,12H2,1-3H3. The number of sulfonamides is 1. The molecule has 1 spiro atoms. The molecule has 1 saturated heterocycles. The van der Waals surface area contributed by atoms with Crippen LogP contribution < -0.4 is 4.90 Å². The maximum atomic E-state index is 13.1. The van der Waals surface area contributed by atoms with Gasteiger partial charge in [0.25, 0.3) is 10.0 Å². The third-order valence-corrected chi connectivity index (χ3v) is 7.36. The fourth-order valence-corrected chi connectivity index (χ4v) is 5.68. The summed E-state index contributed by atoms with van der Waals surface area (Å²) in [5.74, 6) is 0.605. The highest BCUT2D eigenvalue weighted by Gasteiger charge is 2.53. The van der Waals surface area contributed by atoms with Crippen LogP contribution in [0.2, 0.25) is 0 Å². The first-order valence-electron chi connectivity index (χ1n) is 8.65. The van der Waals surface area contributed by atoms with Crippen LogP contribution in [0.25, 0.3) is 0 Å². The molecule has 1 fully saturated rings. The molecule has 1 atom stereocenters. The maximum Gasteiger partial charge on any atom is 0.262 e. The van der Waals surface area contributed by atoms with Gasteiger partial charge in [0.1, 0.15) is 5.82 Å². The minimum absolute atomic E-state index is 0.0317. The van der Waals surface area contributed by atoms with Gasteiger partial charge in [-0.1, -0.05) is 18.2 Å². The number of benzene rings is 1. The second-order valence-electron chi connectivity index (χ2n) is 7.14. The molecule has 0 N–H and O–H groups in total. The molecule has 1 aromatic carbocycles. The molecule has 7 nitrogen and oxygen atoms in total. The lowest BCUT2D eigenvalue weighted by Gasteiger charge is -2.38. The Morgan fingerprint density at radius 2 is 1.92 bits per heavy atom. The molecule has 0 saturated carbocycles. The summed E-state index contributed by atoms with van der Waals surface area (Å²) in [6.07, 6.45) is 2.82. The quantitative estimate of drug-likeness (QED) is 0.797. The molecule has 138 valence electrons. The summed E-state index contributed by atoms with van der Waals surface area (Å²) < 4.78 is 29.3. The average molecular weight is 374 g/mol. The number of aryl methyl sites for hydroxylation is 2. The summed E-state index contributed by atoms with van der Waals surface area (Å²) >= 11 is 0. The number of nitrogens with zero attached hydrogens (tertiary/aromatic N) is 4. The summed E-state index contributed by atoms with van der Waals surface area (Å²) in [7, 11) is -0.216. The Balaban J connectivity index is 1.76. The fourth-order valence-electron chi connectivity index (χ4n) is 4.12. The van der Waals surface area contributed by atoms with Crippen molar-refractivity contribution in [3.63, 3.8) is 0 Å². The zero-order chi connectivity index (χ0) is 18.7. The van der Waals surface area contributed by atoms with Crippen LogP contribution >= 0.6 is 0 Å². The second kappa shape index (κ2) is 5.65. The Morgan fingerprint density at radius 1 is 1.19 bits per heavy atom. The number of fused-ring (bicyclic) bond motifs is 2. The lowest BCUT2D eigenvalue weighted by Crippen LogP contribution is -2.53. The molecule has 1 amide bonds. The SMILES string of the molecule is Cc1nc(S(=O)(=O)N2CCCC3(C2)C(=O)N(C)c2ccccc23)cn1C. The van der Waals surface area contributed by atoms with Crippen LogP contribution in [0.15, 0.2) is 35.5 Å². The van der Waals surface area contributed by atoms with E-state index in [-0.39, 0.29) is 17.5 Å². The Bertz CT molecular complexity index is 978. The average Bonchev–Trinajstić information content (AvgIpc) is 3.08. The van der Waals surface area contributed by atoms with Crippen molar-refractivity contribution in [2.45, 2.75) is 30.2 Å². The van der Waals surface area contributed by atoms with E-state index in [1.54, 1.807) is 30.5 Å². The number of hydrogen-bond donors (Lipinski definition) is 0. The summed E-state index contributed by atoms with van der Waals surface area (Å²) in [5, 5.41) is 0.0432. The van der Waals surface area contributed by atoms with Crippen LogP contribution in [-0.2, 0) is 27.3 Å². The van der Waals surface area contributed by atoms with Gasteiger partial charge in [-0.15, -0.1) is 0 Å². The fraction of sp³-hybridized carbons (Fsp3) is 0.444. The Labute approximate surface area is 153 Å². The number of carbonyl (C=O) groups is 1. The van der Waals surface area contributed by atoms with E-state index in [1.165, 1.54) is 10.5 Å². The van der Waals surface area contributed by atoms with Gasteiger partial charge in [-0.05, 0) is 31.4 Å². The Morgan fingerprint density at radius 3 is 2.62 bits per heavy atom. The molecular formula is C18H22N4O3S. The van der Waals surface area contributed by atoms with Gasteiger partial charge in [-0.2, -0.15) is 4.31 Å². The number of aromatic nitrogens is 2. The predicted octanol–water partition coefficient (Wildman–Crippen LogP) is 1.43. The summed E-state index contributed by atoms with van der Waals surface area (Å²) in [5.41, 5.74) is 0.982. The molecule has 0 radical (unpaired) electrons. The highest BCUT2D eigenvalue weighted by atomic mass is 32.2. The van der Waals surface area contributed by atoms with E-state index in [1.807, 2.05) is 24.3 Å². The molecule has 0 bridgehead atoms. The van der Waals surface area contributed by atoms with Crippen LogP contribution in [0.4, 0.5) is 5.69 Å². The Kier molecular flexibility index (Phi) is 3.75. The highest BCUT2D eigenvalue weighted by molar-refractivity contribution is 7.89. The smallest absolute Gasteiger partial charge is 0.262 e. The summed E-state index contributed by atoms with van der Waals surface area (Å²) in [4.78, 5) is 18.9. The monoisotopic (exact) mass is 374 g/mol. The van der Waals surface area contributed by atoms with Crippen molar-refractivity contribution in [1.29, 1.82) is 0 Å². The van der Waals surface area contributed by atoms with Gasteiger partial charge in [-0.3, -0.25) is 4.79 Å². The molecule has 26 heavy (non-hydrogen) atoms. The molecule has 2 aromatic rings. The second-order valence-corrected chi connectivity index (χ2v) is 9.03. The lowest BCUT2D eigenvalue weighted by molar-refractivity contribution is -0.124. The van der Waals surface area contributed by atoms with Crippen LogP contribution in [0.5, 0.6) is 0 Å². The first kappa shape index (κ1) is 17.2. The van der Waals surface area contributed by atoms with Crippen LogP contribution in [0.1, 0.15) is 24.2 Å². The molecule has 4 rings (SSSR count). The summed E-state index contributed by atoms with van der Waals surface area (Å²) in [6, 6.07) is 7.66. The lowest BCUT2D eigenvalue weighted by atomic mass is 9.76. The van der Waals surface area contributed by atoms with E-state index in [4.69, 9.17) is 0 Å². The number of amides is 1. The van der Waals surface area contributed by atoms with Crippen molar-refractivity contribution in [2.75, 3.05) is 25.0 Å². The third-order valence-electron chi connectivity index (χ3n) is 5.64. The van der Waals surface area contributed by atoms with Crippen LogP contribution in [0, 0.1) is 6.92 Å². The molecule has 1 unspecified atom stereocenters. The van der Waals surface area contributed by atoms with Crippen LogP contribution in [0.3, 0.4) is 0 Å². The number of anilines is 1. The molecule has 1 aromatic heterocycles. The van der Waals surface area contributed by atoms with Gasteiger partial charge in [-0.25, -0.2) is 13.4 Å². The van der Waals surface area contributed by atoms with Crippen molar-refractivity contribution in [3.05, 3.63) is 41.9 Å². The number of imidazole rings is 1. The van der Waals surface area contributed by atoms with Gasteiger partial charge in [0.05, 0.1) is 5.41 Å². The minimum atomic E-state index is -3.74. The topological polar surface area (TPSA) is 75.5 Å². The Hall–Kier alpha value is -2.19. The molecule has 8 heteroatoms. The predicted molar refractivity (Wildman–Crippen MR) is 97.5 cm³/mol. The number of likely N-dealkylation sites (N-methyl/N-ethyl adjacent to an activating group) is 1. The molecule has 3 heterocycles. The normalized spacial score (nSPS) is 23.7. The molecule has 2 aliphatic heterocycles. The van der Waals surface area contributed by atoms with Crippen molar-refractivity contribution < 1.29 is 13.2 Å². The van der Waals surface area contributed by atoms with Crippen molar-refractivity contribution >= 4 is 21.6 Å². The van der Waals surface area contributed by atoms with E-state index < -0.39 is 15.4 Å². The number of hydrogen-bond acceptors (Lipinski definition) is 4. The van der Waals surface area contributed by atoms with Gasteiger partial charge in [0, 0.05) is 39.1 Å². The zero-order valence-electron chi connectivity index (χ0n) is 15.1. The van der Waals surface area contributed by atoms with Gasteiger partial charge in [0.15, 0.2) is 5.03 Å². The van der Waals surface area contributed by atoms with E-state index in [0.29, 0.717) is 25.2 Å². The van der Waals surface area contributed by atoms with E-state index in [9.17, 15) is 13.2 Å². The third kappa shape index (κ3) is 2.25. The maximum absolute atomic E-state index is 13.1. The number of para-hydroxylation sites is 1. The van der Waals surface area contributed by atoms with Gasteiger partial charge >= 0.3 is 0 Å². The van der Waals surface area contributed by atoms with E-state index >= 15 is 0 Å². The highest BCUT2D eigenvalue weighted by Crippen LogP contribution is 2.46. The summed E-state index contributed by atoms with van der Waals surface area (Å²) in [6.45, 7) is 2.33. The van der Waals surface area contributed by atoms with Gasteiger partial charge in [0.2, 0.25) is 5.91 Å². The molecular weight excluding hydrogens is 352 g/mol. The zero-order valence-corrected chi connectivity index (χ0v) is 16.0. The first-order valence-corrected chi connectivity index (χ1v) is 10.1. The van der Waals surface area contributed by atoms with Crippen molar-refractivity contribution in [2.24, 2.45) is 7.05 Å². The number of piperidine rings is 1. The first-order chi connectivity index (χ1) is 12.3. The number of rotatable bonds is 2. The van der Waals surface area contributed by atoms with Crippen molar-refractivity contribution in [1.82, 2.24) is 13.9 Å². The van der Waals surface area contributed by atoms with Crippen molar-refractivity contribution in [3.8, 4) is 0 Å².